The minimum atomic E-state index is 0.700. The molecule has 0 atom stereocenters. The molecule has 2 aromatic carbocycles. The minimum Gasteiger partial charge on any atom is -0.494 e. The Hall–Kier alpha value is -2.58. The van der Waals surface area contributed by atoms with Gasteiger partial charge in [0.1, 0.15) is 22.8 Å². The summed E-state index contributed by atoms with van der Waals surface area (Å²) in [6, 6.07) is 16.3. The van der Waals surface area contributed by atoms with Crippen molar-refractivity contribution in [2.24, 2.45) is 0 Å². The van der Waals surface area contributed by atoms with Gasteiger partial charge >= 0.3 is 0 Å². The number of fused-ring (bicyclic) bond motifs is 1. The summed E-state index contributed by atoms with van der Waals surface area (Å²) in [4.78, 5) is 9.21. The Kier molecular flexibility index (Phi) is 13.1. The van der Waals surface area contributed by atoms with E-state index in [1.165, 1.54) is 12.8 Å². The first-order valence-electron chi connectivity index (χ1n) is 14.4. The summed E-state index contributed by atoms with van der Waals surface area (Å²) < 4.78 is 18.2. The van der Waals surface area contributed by atoms with Crippen LogP contribution in [0.5, 0.6) is 11.5 Å². The van der Waals surface area contributed by atoms with Crippen molar-refractivity contribution in [1.29, 1.82) is 0 Å². The van der Waals surface area contributed by atoms with Gasteiger partial charge in [0.15, 0.2) is 0 Å². The summed E-state index contributed by atoms with van der Waals surface area (Å²) in [5.74, 6) is 2.60. The molecule has 0 unspecified atom stereocenters. The Bertz CT molecular complexity index is 1080. The van der Waals surface area contributed by atoms with E-state index in [-0.39, 0.29) is 0 Å². The second-order valence-corrected chi connectivity index (χ2v) is 11.2. The van der Waals surface area contributed by atoms with Crippen molar-refractivity contribution in [3.05, 3.63) is 48.5 Å². The monoisotopic (exact) mass is 538 g/mol. The van der Waals surface area contributed by atoms with Gasteiger partial charge in [-0.3, -0.25) is 0 Å². The first-order valence-corrected chi connectivity index (χ1v) is 14.4. The molecule has 0 aliphatic heterocycles. The van der Waals surface area contributed by atoms with Gasteiger partial charge in [0.2, 0.25) is 0 Å². The third-order valence-corrected chi connectivity index (χ3v) is 6.83. The molecule has 216 valence electrons. The summed E-state index contributed by atoms with van der Waals surface area (Å²) in [5.41, 5.74) is 1.89. The second kappa shape index (κ2) is 16.5. The van der Waals surface area contributed by atoms with Gasteiger partial charge in [0.05, 0.1) is 13.2 Å². The fraction of sp³-hybridized carbons (Fsp3) is 0.562. The fourth-order valence-corrected chi connectivity index (χ4v) is 4.55. The molecule has 7 nitrogen and oxygen atoms in total. The van der Waals surface area contributed by atoms with E-state index in [1.54, 1.807) is 0 Å². The Balaban J connectivity index is 1.40. The quantitative estimate of drug-likeness (QED) is 0.189. The lowest BCUT2D eigenvalue weighted by Crippen LogP contribution is -2.25. The molecule has 0 spiro atoms. The molecule has 39 heavy (non-hydrogen) atoms. The molecule has 0 saturated heterocycles. The number of rotatable bonds is 19. The molecule has 0 bridgehead atoms. The van der Waals surface area contributed by atoms with Crippen LogP contribution in [0.25, 0.3) is 22.3 Å². The molecule has 1 heterocycles. The van der Waals surface area contributed by atoms with E-state index >= 15 is 0 Å². The van der Waals surface area contributed by atoms with Gasteiger partial charge in [0, 0.05) is 30.1 Å². The summed E-state index contributed by atoms with van der Waals surface area (Å²) >= 11 is 0. The molecule has 0 fully saturated rings. The molecule has 7 heteroatoms. The highest BCUT2D eigenvalue weighted by Crippen LogP contribution is 2.31. The van der Waals surface area contributed by atoms with Gasteiger partial charge in [-0.1, -0.05) is 0 Å². The number of ether oxygens (including phenoxy) is 2. The molecule has 1 aromatic heterocycles. The SMILES string of the molecule is CN(C)CCCN(C)CCCOc1ccc(-c2cc3ccc(OCCCN(C)CCCN(C)C)cc3o2)cc1. The summed E-state index contributed by atoms with van der Waals surface area (Å²) in [5, 5.41) is 1.08. The highest BCUT2D eigenvalue weighted by Gasteiger charge is 2.09. The van der Waals surface area contributed by atoms with Gasteiger partial charge in [-0.15, -0.1) is 0 Å². The molecule has 0 radical (unpaired) electrons. The maximum atomic E-state index is 6.17. The van der Waals surface area contributed by atoms with Crippen LogP contribution in [0.1, 0.15) is 25.7 Å². The zero-order valence-corrected chi connectivity index (χ0v) is 25.1. The Morgan fingerprint density at radius 2 is 1.08 bits per heavy atom. The summed E-state index contributed by atoms with van der Waals surface area (Å²) in [6.07, 6.45) is 4.40. The molecular formula is C32H50N4O3. The van der Waals surface area contributed by atoms with Crippen molar-refractivity contribution in [1.82, 2.24) is 19.6 Å². The zero-order chi connectivity index (χ0) is 28.0. The summed E-state index contributed by atoms with van der Waals surface area (Å²) in [6.45, 7) is 7.99. The molecule has 0 N–H and O–H groups in total. The van der Waals surface area contributed by atoms with Gasteiger partial charge in [0.25, 0.3) is 0 Å². The molecule has 0 amide bonds. The lowest BCUT2D eigenvalue weighted by molar-refractivity contribution is 0.254. The first-order chi connectivity index (χ1) is 18.8. The zero-order valence-electron chi connectivity index (χ0n) is 25.1. The van der Waals surface area contributed by atoms with Crippen LogP contribution in [-0.4, -0.2) is 114 Å². The van der Waals surface area contributed by atoms with Crippen LogP contribution in [0.2, 0.25) is 0 Å². The van der Waals surface area contributed by atoms with Crippen molar-refractivity contribution in [2.45, 2.75) is 25.7 Å². The Morgan fingerprint density at radius 3 is 1.64 bits per heavy atom. The van der Waals surface area contributed by atoms with Crippen LogP contribution in [0.3, 0.4) is 0 Å². The normalized spacial score (nSPS) is 11.9. The van der Waals surface area contributed by atoms with Gasteiger partial charge in [-0.2, -0.15) is 0 Å². The van der Waals surface area contributed by atoms with Crippen LogP contribution in [-0.2, 0) is 0 Å². The Labute approximate surface area is 236 Å². The standard InChI is InChI=1S/C32H50N4O3/c1-33(2)17-7-19-35(5)21-9-23-37-29-14-11-27(12-15-29)31-25-28-13-16-30(26-32(28)39-31)38-24-10-22-36(6)20-8-18-34(3)4/h11-16,25-26H,7-10,17-24H2,1-6H3. The second-order valence-electron chi connectivity index (χ2n) is 11.2. The van der Waals surface area contributed by atoms with Crippen molar-refractivity contribution in [2.75, 3.05) is 94.8 Å². The smallest absolute Gasteiger partial charge is 0.138 e. The maximum Gasteiger partial charge on any atom is 0.138 e. The van der Waals surface area contributed by atoms with Crippen LogP contribution in [0, 0.1) is 0 Å². The van der Waals surface area contributed by atoms with Crippen molar-refractivity contribution in [3.8, 4) is 22.8 Å². The van der Waals surface area contributed by atoms with Crippen LogP contribution < -0.4 is 9.47 Å². The minimum absolute atomic E-state index is 0.700. The molecule has 0 aliphatic rings. The number of hydrogen-bond donors (Lipinski definition) is 0. The third-order valence-electron chi connectivity index (χ3n) is 6.83. The average Bonchev–Trinajstić information content (AvgIpc) is 3.32. The van der Waals surface area contributed by atoms with E-state index in [4.69, 9.17) is 13.9 Å². The van der Waals surface area contributed by atoms with Crippen LogP contribution in [0.4, 0.5) is 0 Å². The number of furan rings is 1. The highest BCUT2D eigenvalue weighted by atomic mass is 16.5. The Morgan fingerprint density at radius 1 is 0.564 bits per heavy atom. The topological polar surface area (TPSA) is 44.6 Å². The van der Waals surface area contributed by atoms with Crippen LogP contribution in [0.15, 0.2) is 52.9 Å². The molecule has 3 rings (SSSR count). The summed E-state index contributed by atoms with van der Waals surface area (Å²) in [7, 11) is 12.8. The van der Waals surface area contributed by atoms with E-state index < -0.39 is 0 Å². The predicted octanol–water partition coefficient (Wildman–Crippen LogP) is 5.40. The van der Waals surface area contributed by atoms with Crippen molar-refractivity contribution in [3.63, 3.8) is 0 Å². The molecule has 0 aliphatic carbocycles. The van der Waals surface area contributed by atoms with Gasteiger partial charge < -0.3 is 33.5 Å². The van der Waals surface area contributed by atoms with Crippen molar-refractivity contribution < 1.29 is 13.9 Å². The maximum absolute atomic E-state index is 6.17. The number of nitrogens with zero attached hydrogens (tertiary/aromatic N) is 4. The van der Waals surface area contributed by atoms with Crippen LogP contribution >= 0.6 is 0 Å². The van der Waals surface area contributed by atoms with E-state index in [1.807, 2.05) is 24.3 Å². The van der Waals surface area contributed by atoms with Gasteiger partial charge in [-0.25, -0.2) is 0 Å². The molecule has 3 aromatic rings. The fourth-order valence-electron chi connectivity index (χ4n) is 4.55. The largest absolute Gasteiger partial charge is 0.494 e. The lowest BCUT2D eigenvalue weighted by Gasteiger charge is -2.18. The predicted molar refractivity (Wildman–Crippen MR) is 163 cm³/mol. The molecular weight excluding hydrogens is 488 g/mol. The van der Waals surface area contributed by atoms with Gasteiger partial charge in [-0.05, 0) is 137 Å². The average molecular weight is 539 g/mol. The third kappa shape index (κ3) is 11.6. The number of hydrogen-bond acceptors (Lipinski definition) is 7. The van der Waals surface area contributed by atoms with E-state index in [2.05, 4.69) is 86.2 Å². The van der Waals surface area contributed by atoms with E-state index in [9.17, 15) is 0 Å². The number of benzene rings is 2. The molecule has 0 saturated carbocycles. The van der Waals surface area contributed by atoms with E-state index in [0.29, 0.717) is 6.61 Å². The van der Waals surface area contributed by atoms with Crippen molar-refractivity contribution >= 4 is 11.0 Å². The highest BCUT2D eigenvalue weighted by molar-refractivity contribution is 5.84. The first kappa shape index (κ1) is 31.0. The lowest BCUT2D eigenvalue weighted by atomic mass is 10.1. The van der Waals surface area contributed by atoms with E-state index in [0.717, 1.165) is 92.5 Å².